The van der Waals surface area contributed by atoms with E-state index in [-0.39, 0.29) is 19.4 Å². The molecule has 0 amide bonds. The van der Waals surface area contributed by atoms with Gasteiger partial charge in [-0.15, -0.1) is 0 Å². The Labute approximate surface area is 161 Å². The van der Waals surface area contributed by atoms with Crippen LogP contribution in [0.3, 0.4) is 0 Å². The highest BCUT2D eigenvalue weighted by atomic mass is 31.2. The first-order chi connectivity index (χ1) is 12.7. The summed E-state index contributed by atoms with van der Waals surface area (Å²) in [6.07, 6.45) is 7.32. The summed E-state index contributed by atoms with van der Waals surface area (Å²) in [4.78, 5) is 11.7. The summed E-state index contributed by atoms with van der Waals surface area (Å²) in [7, 11) is -5.51. The van der Waals surface area contributed by atoms with Crippen molar-refractivity contribution in [3.05, 3.63) is 34.9 Å². The maximum atomic E-state index is 11.7. The molecule has 2 N–H and O–H groups in total. The van der Waals surface area contributed by atoms with Crippen LogP contribution in [0.2, 0.25) is 0 Å². The normalized spacial score (nSPS) is 14.4. The maximum Gasteiger partial charge on any atom is 0.598 e. The van der Waals surface area contributed by atoms with Gasteiger partial charge in [-0.05, 0) is 55.7 Å². The van der Waals surface area contributed by atoms with Crippen LogP contribution >= 0.6 is 16.1 Å². The van der Waals surface area contributed by atoms with Gasteiger partial charge in [-0.2, -0.15) is 0 Å². The first-order valence-electron chi connectivity index (χ1n) is 8.37. The van der Waals surface area contributed by atoms with E-state index < -0.39 is 27.4 Å². The minimum absolute atomic E-state index is 0.0848. The zero-order valence-electron chi connectivity index (χ0n) is 16.1. The van der Waals surface area contributed by atoms with Gasteiger partial charge in [0.15, 0.2) is 0 Å². The molecule has 0 heterocycles. The summed E-state index contributed by atoms with van der Waals surface area (Å²) in [5.74, 6) is -0.595. The highest BCUT2D eigenvalue weighted by Crippen LogP contribution is 2.47. The molecule has 0 aliphatic carbocycles. The van der Waals surface area contributed by atoms with Crippen LogP contribution in [0.5, 0.6) is 0 Å². The lowest BCUT2D eigenvalue weighted by Gasteiger charge is -2.02. The van der Waals surface area contributed by atoms with Crippen molar-refractivity contribution in [2.24, 2.45) is 0 Å². The monoisotopic (exact) mass is 422 g/mol. The van der Waals surface area contributed by atoms with E-state index in [0.29, 0.717) is 0 Å². The Balaban J connectivity index is 4.35. The summed E-state index contributed by atoms with van der Waals surface area (Å²) in [6, 6.07) is 0. The number of ether oxygens (including phenoxy) is 1. The molecule has 2 atom stereocenters. The number of hydrogen-bond donors (Lipinski definition) is 2. The first-order valence-corrected chi connectivity index (χ1v) is 10.9. The fraction of sp³-hybridized carbons (Fsp3) is 0.588. The predicted molar refractivity (Wildman–Crippen MR) is 103 cm³/mol. The lowest BCUT2D eigenvalue weighted by molar-refractivity contribution is -0.143. The van der Waals surface area contributed by atoms with Gasteiger partial charge in [-0.1, -0.05) is 28.9 Å². The van der Waals surface area contributed by atoms with E-state index in [4.69, 9.17) is 15.3 Å². The minimum atomic E-state index is -2.75. The third-order valence-electron chi connectivity index (χ3n) is 3.54. The lowest BCUT2D eigenvalue weighted by Crippen LogP contribution is -2.08. The standard InChI is InChI=1S/C17H26O8P2/c1-13(2)5-6-14(3)7-8-15(4)11-12-23-16(18)9-10-17(26(21)24-19)27(22)25-20/h5,7,11,17H,6,8-10,12H2,1-4H3/p+2/b14-7-,15-11-. The van der Waals surface area contributed by atoms with Crippen LogP contribution < -0.4 is 0 Å². The van der Waals surface area contributed by atoms with E-state index in [1.54, 1.807) is 6.08 Å². The van der Waals surface area contributed by atoms with Crippen molar-refractivity contribution < 1.29 is 38.5 Å². The van der Waals surface area contributed by atoms with Gasteiger partial charge in [-0.3, -0.25) is 4.79 Å². The summed E-state index contributed by atoms with van der Waals surface area (Å²) in [5.41, 5.74) is 3.58. The van der Waals surface area contributed by atoms with Crippen molar-refractivity contribution in [1.29, 1.82) is 0 Å². The van der Waals surface area contributed by atoms with Crippen molar-refractivity contribution in [2.45, 2.75) is 58.8 Å². The summed E-state index contributed by atoms with van der Waals surface area (Å²) < 4.78 is 35.0. The zero-order valence-corrected chi connectivity index (χ0v) is 17.9. The second-order valence-electron chi connectivity index (χ2n) is 6.23. The fourth-order valence-electron chi connectivity index (χ4n) is 1.86. The molecule has 0 rings (SSSR count). The molecule has 10 heteroatoms. The SMILES string of the molecule is CC(C)=CC/C(C)=C\C/C(C)=C\COC(=O)CCC([P+](=O)OO)[P+](=O)OO. The summed E-state index contributed by atoms with van der Waals surface area (Å²) >= 11 is 0. The molecule has 152 valence electrons. The second-order valence-corrected chi connectivity index (χ2v) is 9.35. The van der Waals surface area contributed by atoms with E-state index in [9.17, 15) is 13.9 Å². The molecular formula is C17H28O8P2+2. The molecule has 0 radical (unpaired) electrons. The van der Waals surface area contributed by atoms with Crippen LogP contribution in [-0.4, -0.2) is 28.5 Å². The highest BCUT2D eigenvalue weighted by molar-refractivity contribution is 7.58. The van der Waals surface area contributed by atoms with Gasteiger partial charge in [-0.25, -0.2) is 10.5 Å². The molecule has 0 bridgehead atoms. The summed E-state index contributed by atoms with van der Waals surface area (Å²) in [6.45, 7) is 8.19. The third kappa shape index (κ3) is 12.7. The number of hydrogen-bond acceptors (Lipinski definition) is 8. The predicted octanol–water partition coefficient (Wildman–Crippen LogP) is 5.74. The molecule has 0 saturated heterocycles. The molecule has 0 aliphatic rings. The Morgan fingerprint density at radius 3 is 1.96 bits per heavy atom. The van der Waals surface area contributed by atoms with Crippen LogP contribution in [0, 0.1) is 0 Å². The maximum absolute atomic E-state index is 11.7. The summed E-state index contributed by atoms with van der Waals surface area (Å²) in [5, 5.41) is 15.5. The van der Waals surface area contributed by atoms with Gasteiger partial charge in [0.25, 0.3) is 0 Å². The Morgan fingerprint density at radius 1 is 0.926 bits per heavy atom. The minimum Gasteiger partial charge on any atom is -0.461 e. The van der Waals surface area contributed by atoms with Gasteiger partial charge in [0.2, 0.25) is 0 Å². The fourth-order valence-corrected chi connectivity index (χ4v) is 3.63. The van der Waals surface area contributed by atoms with Crippen molar-refractivity contribution in [1.82, 2.24) is 0 Å². The average Bonchev–Trinajstić information content (AvgIpc) is 2.64. The van der Waals surface area contributed by atoms with E-state index in [1.165, 1.54) is 11.1 Å². The number of carbonyl (C=O) groups excluding carboxylic acids is 1. The molecule has 8 nitrogen and oxygen atoms in total. The smallest absolute Gasteiger partial charge is 0.461 e. The molecule has 0 aromatic heterocycles. The average molecular weight is 422 g/mol. The zero-order chi connectivity index (χ0) is 20.8. The molecule has 2 unspecified atom stereocenters. The van der Waals surface area contributed by atoms with E-state index in [2.05, 4.69) is 42.3 Å². The molecule has 0 aliphatic heterocycles. The van der Waals surface area contributed by atoms with Gasteiger partial charge >= 0.3 is 27.4 Å². The second kappa shape index (κ2) is 14.7. The lowest BCUT2D eigenvalue weighted by atomic mass is 10.1. The van der Waals surface area contributed by atoms with Gasteiger partial charge < -0.3 is 4.74 Å². The Bertz CT molecular complexity index is 590. The highest BCUT2D eigenvalue weighted by Gasteiger charge is 2.53. The number of esters is 1. The molecule has 0 aromatic rings. The topological polar surface area (TPSA) is 119 Å². The molecule has 0 spiro atoms. The largest absolute Gasteiger partial charge is 0.598 e. The van der Waals surface area contributed by atoms with E-state index in [1.807, 2.05) is 6.92 Å². The van der Waals surface area contributed by atoms with Gasteiger partial charge in [0.05, 0.1) is 12.8 Å². The number of rotatable bonds is 13. The molecule has 0 saturated carbocycles. The quantitative estimate of drug-likeness (QED) is 0.127. The first kappa shape index (κ1) is 25.7. The van der Waals surface area contributed by atoms with Crippen molar-refractivity contribution in [3.63, 3.8) is 0 Å². The van der Waals surface area contributed by atoms with Gasteiger partial charge in [0.1, 0.15) is 6.61 Å². The van der Waals surface area contributed by atoms with E-state index >= 15 is 0 Å². The molecule has 0 fully saturated rings. The van der Waals surface area contributed by atoms with Crippen LogP contribution in [0.15, 0.2) is 34.9 Å². The third-order valence-corrected chi connectivity index (χ3v) is 6.48. The van der Waals surface area contributed by atoms with Crippen LogP contribution in [0.1, 0.15) is 53.4 Å². The van der Waals surface area contributed by atoms with Crippen molar-refractivity contribution in [3.8, 4) is 0 Å². The number of carbonyl (C=O) groups is 1. The van der Waals surface area contributed by atoms with Gasteiger partial charge in [0, 0.05) is 9.35 Å². The Hall–Kier alpha value is -1.27. The van der Waals surface area contributed by atoms with Crippen LogP contribution in [0.4, 0.5) is 0 Å². The Kier molecular flexibility index (Phi) is 14.1. The molecule has 0 aromatic carbocycles. The van der Waals surface area contributed by atoms with E-state index in [0.717, 1.165) is 18.4 Å². The number of allylic oxidation sites excluding steroid dienone is 5. The van der Waals surface area contributed by atoms with Crippen molar-refractivity contribution in [2.75, 3.05) is 6.61 Å². The molecule has 27 heavy (non-hydrogen) atoms. The van der Waals surface area contributed by atoms with Crippen LogP contribution in [-0.2, 0) is 28.0 Å². The van der Waals surface area contributed by atoms with Crippen molar-refractivity contribution >= 4 is 22.0 Å². The molecular weight excluding hydrogens is 394 g/mol. The Morgan fingerprint density at radius 2 is 1.44 bits per heavy atom. The van der Waals surface area contributed by atoms with Crippen LogP contribution in [0.25, 0.3) is 0 Å².